The summed E-state index contributed by atoms with van der Waals surface area (Å²) in [5, 5.41) is 0. The van der Waals surface area contributed by atoms with Crippen LogP contribution in [0.25, 0.3) is 0 Å². The summed E-state index contributed by atoms with van der Waals surface area (Å²) in [6.45, 7) is 5.98. The fourth-order valence-electron chi connectivity index (χ4n) is 0.801. The van der Waals surface area contributed by atoms with E-state index in [1.165, 1.54) is 0 Å². The highest BCUT2D eigenvalue weighted by molar-refractivity contribution is 5.76. The zero-order valence-corrected chi connectivity index (χ0v) is 8.50. The molecule has 12 heavy (non-hydrogen) atoms. The highest BCUT2D eigenvalue weighted by atomic mass is 16.2. The van der Waals surface area contributed by atoms with Gasteiger partial charge < -0.3 is 10.6 Å². The molecular formula is C9H20N2O. The predicted molar refractivity (Wildman–Crippen MR) is 50.8 cm³/mol. The van der Waals surface area contributed by atoms with Gasteiger partial charge in [0.2, 0.25) is 5.91 Å². The molecule has 0 aromatic heterocycles. The van der Waals surface area contributed by atoms with Gasteiger partial charge in [0, 0.05) is 25.6 Å². The third kappa shape index (κ3) is 3.72. The van der Waals surface area contributed by atoms with Crippen LogP contribution in [0.15, 0.2) is 0 Å². The molecule has 0 aromatic carbocycles. The first kappa shape index (κ1) is 11.4. The standard InChI is InChI=1S/C9H20N2O/c1-5-8(10)6-9(12)11(4)7(2)3/h7-8H,5-6,10H2,1-4H3. The molecule has 2 N–H and O–H groups in total. The minimum atomic E-state index is 0.0127. The van der Waals surface area contributed by atoms with Crippen LogP contribution in [0, 0.1) is 0 Å². The molecule has 0 rings (SSSR count). The Morgan fingerprint density at radius 1 is 1.50 bits per heavy atom. The topological polar surface area (TPSA) is 46.3 Å². The monoisotopic (exact) mass is 172 g/mol. The molecule has 0 aromatic rings. The quantitative estimate of drug-likeness (QED) is 0.687. The minimum absolute atomic E-state index is 0.0127. The van der Waals surface area contributed by atoms with Gasteiger partial charge in [0.25, 0.3) is 0 Å². The van der Waals surface area contributed by atoms with Gasteiger partial charge in [-0.1, -0.05) is 6.92 Å². The van der Waals surface area contributed by atoms with E-state index in [0.29, 0.717) is 6.42 Å². The van der Waals surface area contributed by atoms with Crippen LogP contribution in [0.5, 0.6) is 0 Å². The van der Waals surface area contributed by atoms with Crippen molar-refractivity contribution in [2.75, 3.05) is 7.05 Å². The van der Waals surface area contributed by atoms with Crippen molar-refractivity contribution in [2.45, 2.75) is 45.7 Å². The maximum absolute atomic E-state index is 11.4. The molecule has 0 saturated carbocycles. The number of amides is 1. The second kappa shape index (κ2) is 5.14. The molecule has 0 saturated heterocycles. The van der Waals surface area contributed by atoms with Gasteiger partial charge in [-0.15, -0.1) is 0 Å². The number of nitrogens with zero attached hydrogens (tertiary/aromatic N) is 1. The molecule has 0 aliphatic heterocycles. The molecule has 0 bridgehead atoms. The van der Waals surface area contributed by atoms with Crippen molar-refractivity contribution in [2.24, 2.45) is 5.73 Å². The van der Waals surface area contributed by atoms with E-state index in [1.807, 2.05) is 27.8 Å². The maximum Gasteiger partial charge on any atom is 0.224 e. The first-order chi connectivity index (χ1) is 5.49. The summed E-state index contributed by atoms with van der Waals surface area (Å²) in [5.41, 5.74) is 5.66. The van der Waals surface area contributed by atoms with Gasteiger partial charge in [0.1, 0.15) is 0 Å². The van der Waals surface area contributed by atoms with E-state index in [9.17, 15) is 4.79 Å². The number of carbonyl (C=O) groups excluding carboxylic acids is 1. The highest BCUT2D eigenvalue weighted by Gasteiger charge is 2.14. The molecule has 0 fully saturated rings. The molecule has 72 valence electrons. The van der Waals surface area contributed by atoms with Crippen molar-refractivity contribution < 1.29 is 4.79 Å². The van der Waals surface area contributed by atoms with Crippen molar-refractivity contribution >= 4 is 5.91 Å². The van der Waals surface area contributed by atoms with Crippen LogP contribution in [0.1, 0.15) is 33.6 Å². The lowest BCUT2D eigenvalue weighted by Crippen LogP contribution is -2.36. The Morgan fingerprint density at radius 2 is 2.00 bits per heavy atom. The van der Waals surface area contributed by atoms with Crippen LogP contribution in [0.3, 0.4) is 0 Å². The Hall–Kier alpha value is -0.570. The summed E-state index contributed by atoms with van der Waals surface area (Å²) < 4.78 is 0. The summed E-state index contributed by atoms with van der Waals surface area (Å²) in [6, 6.07) is 0.278. The third-order valence-corrected chi connectivity index (χ3v) is 2.13. The summed E-state index contributed by atoms with van der Waals surface area (Å²) in [7, 11) is 1.81. The Morgan fingerprint density at radius 3 is 2.33 bits per heavy atom. The van der Waals surface area contributed by atoms with Crippen LogP contribution >= 0.6 is 0 Å². The molecular weight excluding hydrogens is 152 g/mol. The van der Waals surface area contributed by atoms with Crippen molar-refractivity contribution in [3.63, 3.8) is 0 Å². The SMILES string of the molecule is CCC(N)CC(=O)N(C)C(C)C. The fourth-order valence-corrected chi connectivity index (χ4v) is 0.801. The largest absolute Gasteiger partial charge is 0.343 e. The van der Waals surface area contributed by atoms with Crippen molar-refractivity contribution in [1.29, 1.82) is 0 Å². The van der Waals surface area contributed by atoms with E-state index in [1.54, 1.807) is 4.90 Å². The third-order valence-electron chi connectivity index (χ3n) is 2.13. The van der Waals surface area contributed by atoms with Gasteiger partial charge in [-0.25, -0.2) is 0 Å². The van der Waals surface area contributed by atoms with Crippen LogP contribution in [-0.4, -0.2) is 29.9 Å². The number of nitrogens with two attached hydrogens (primary N) is 1. The molecule has 0 spiro atoms. The summed E-state index contributed by atoms with van der Waals surface area (Å²) >= 11 is 0. The van der Waals surface area contributed by atoms with E-state index in [-0.39, 0.29) is 18.0 Å². The smallest absolute Gasteiger partial charge is 0.224 e. The molecule has 1 unspecified atom stereocenters. The lowest BCUT2D eigenvalue weighted by molar-refractivity contribution is -0.131. The number of hydrogen-bond acceptors (Lipinski definition) is 2. The fraction of sp³-hybridized carbons (Fsp3) is 0.889. The van der Waals surface area contributed by atoms with Crippen molar-refractivity contribution in [3.05, 3.63) is 0 Å². The average Bonchev–Trinajstić information content (AvgIpc) is 2.02. The minimum Gasteiger partial charge on any atom is -0.343 e. The van der Waals surface area contributed by atoms with Gasteiger partial charge in [-0.05, 0) is 20.3 Å². The van der Waals surface area contributed by atoms with Crippen LogP contribution in [-0.2, 0) is 4.79 Å². The lowest BCUT2D eigenvalue weighted by Gasteiger charge is -2.22. The molecule has 0 aliphatic rings. The van der Waals surface area contributed by atoms with Crippen molar-refractivity contribution in [3.8, 4) is 0 Å². The number of rotatable bonds is 4. The molecule has 0 aliphatic carbocycles. The second-order valence-electron chi connectivity index (χ2n) is 3.47. The molecule has 1 atom stereocenters. The number of carbonyl (C=O) groups is 1. The van der Waals surface area contributed by atoms with E-state index < -0.39 is 0 Å². The normalized spacial score (nSPS) is 13.2. The summed E-state index contributed by atoms with van der Waals surface area (Å²) in [5.74, 6) is 0.138. The summed E-state index contributed by atoms with van der Waals surface area (Å²) in [4.78, 5) is 13.1. The lowest BCUT2D eigenvalue weighted by atomic mass is 10.1. The van der Waals surface area contributed by atoms with E-state index in [2.05, 4.69) is 0 Å². The first-order valence-electron chi connectivity index (χ1n) is 4.50. The zero-order chi connectivity index (χ0) is 9.72. The first-order valence-corrected chi connectivity index (χ1v) is 4.50. The van der Waals surface area contributed by atoms with E-state index in [4.69, 9.17) is 5.73 Å². The van der Waals surface area contributed by atoms with Crippen LogP contribution in [0.2, 0.25) is 0 Å². The molecule has 3 heteroatoms. The molecule has 0 heterocycles. The van der Waals surface area contributed by atoms with E-state index >= 15 is 0 Å². The highest BCUT2D eigenvalue weighted by Crippen LogP contribution is 2.01. The molecule has 0 radical (unpaired) electrons. The Balaban J connectivity index is 3.87. The van der Waals surface area contributed by atoms with Gasteiger partial charge in [0.05, 0.1) is 0 Å². The molecule has 1 amide bonds. The van der Waals surface area contributed by atoms with E-state index in [0.717, 1.165) is 6.42 Å². The van der Waals surface area contributed by atoms with Gasteiger partial charge in [-0.3, -0.25) is 4.79 Å². The average molecular weight is 172 g/mol. The maximum atomic E-state index is 11.4. The zero-order valence-electron chi connectivity index (χ0n) is 8.50. The van der Waals surface area contributed by atoms with Crippen LogP contribution in [0.4, 0.5) is 0 Å². The number of hydrogen-bond donors (Lipinski definition) is 1. The molecule has 3 nitrogen and oxygen atoms in total. The second-order valence-corrected chi connectivity index (χ2v) is 3.47. The summed E-state index contributed by atoms with van der Waals surface area (Å²) in [6.07, 6.45) is 1.32. The van der Waals surface area contributed by atoms with Gasteiger partial charge in [-0.2, -0.15) is 0 Å². The van der Waals surface area contributed by atoms with Gasteiger partial charge in [0.15, 0.2) is 0 Å². The van der Waals surface area contributed by atoms with Crippen LogP contribution < -0.4 is 5.73 Å². The Bertz CT molecular complexity index is 145. The Labute approximate surface area is 74.9 Å². The Kier molecular flexibility index (Phi) is 4.90. The predicted octanol–water partition coefficient (Wildman–Crippen LogP) is 0.981. The van der Waals surface area contributed by atoms with Crippen molar-refractivity contribution in [1.82, 2.24) is 4.90 Å². The van der Waals surface area contributed by atoms with Gasteiger partial charge >= 0.3 is 0 Å².